The molecule has 2 aromatic carbocycles. The van der Waals surface area contributed by atoms with E-state index in [4.69, 9.17) is 0 Å². The highest BCUT2D eigenvalue weighted by Gasteiger charge is 2.34. The van der Waals surface area contributed by atoms with Gasteiger partial charge in [0.2, 0.25) is 0 Å². The number of fused-ring (bicyclic) bond motifs is 8. The fourth-order valence-corrected chi connectivity index (χ4v) is 3.52. The summed E-state index contributed by atoms with van der Waals surface area (Å²) in [4.78, 5) is 31.9. The molecule has 106 valence electrons. The van der Waals surface area contributed by atoms with Gasteiger partial charge in [0.05, 0.1) is 28.5 Å². The molecular formula is C16H10N4O2. The van der Waals surface area contributed by atoms with Crippen LogP contribution in [0.4, 0.5) is 0 Å². The topological polar surface area (TPSA) is 79.8 Å². The highest BCUT2D eigenvalue weighted by Crippen LogP contribution is 2.39. The smallest absolute Gasteiger partial charge is 0.261 e. The minimum Gasteiger partial charge on any atom is -0.343 e. The lowest BCUT2D eigenvalue weighted by Gasteiger charge is -2.03. The van der Waals surface area contributed by atoms with Crippen LogP contribution < -0.4 is 5.32 Å². The maximum atomic E-state index is 12.3. The van der Waals surface area contributed by atoms with Crippen LogP contribution in [0.5, 0.6) is 0 Å². The van der Waals surface area contributed by atoms with Gasteiger partial charge in [-0.15, -0.1) is 0 Å². The summed E-state index contributed by atoms with van der Waals surface area (Å²) >= 11 is 0. The van der Waals surface area contributed by atoms with Gasteiger partial charge in [0.15, 0.2) is 0 Å². The normalized spacial score (nSPS) is 14.2. The van der Waals surface area contributed by atoms with Gasteiger partial charge in [0, 0.05) is 23.3 Å². The van der Waals surface area contributed by atoms with Crippen molar-refractivity contribution >= 4 is 44.7 Å². The van der Waals surface area contributed by atoms with Gasteiger partial charge in [-0.05, 0) is 6.07 Å². The number of hydrogen-bond acceptors (Lipinski definition) is 3. The van der Waals surface area contributed by atoms with Crippen LogP contribution in [0.15, 0.2) is 30.6 Å². The van der Waals surface area contributed by atoms with Crippen molar-refractivity contribution in [3.05, 3.63) is 41.7 Å². The number of hydrogen-bond donors (Lipinski definition) is 2. The number of imidazole rings is 1. The minimum atomic E-state index is -0.382. The van der Waals surface area contributed by atoms with Crippen molar-refractivity contribution in [2.45, 2.75) is 0 Å². The molecule has 2 aromatic heterocycles. The van der Waals surface area contributed by atoms with E-state index in [1.54, 1.807) is 6.33 Å². The van der Waals surface area contributed by atoms with Gasteiger partial charge in [-0.2, -0.15) is 0 Å². The van der Waals surface area contributed by atoms with E-state index in [0.717, 1.165) is 27.3 Å². The van der Waals surface area contributed by atoms with Crippen LogP contribution in [0.3, 0.4) is 0 Å². The lowest BCUT2D eigenvalue weighted by molar-refractivity contribution is 0.0880. The Morgan fingerprint density at radius 1 is 1.09 bits per heavy atom. The molecule has 0 spiro atoms. The summed E-state index contributed by atoms with van der Waals surface area (Å²) in [6.45, 7) is 0. The number of carbonyl (C=O) groups is 2. The van der Waals surface area contributed by atoms with Gasteiger partial charge in [-0.25, -0.2) is 4.98 Å². The summed E-state index contributed by atoms with van der Waals surface area (Å²) in [5, 5.41) is 4.14. The zero-order valence-electron chi connectivity index (χ0n) is 11.6. The van der Waals surface area contributed by atoms with Crippen molar-refractivity contribution in [1.29, 1.82) is 0 Å². The second kappa shape index (κ2) is 3.54. The maximum Gasteiger partial charge on any atom is 0.261 e. The van der Waals surface area contributed by atoms with E-state index in [1.807, 2.05) is 35.9 Å². The average Bonchev–Trinajstić information content (AvgIpc) is 3.16. The molecule has 0 saturated carbocycles. The third-order valence-corrected chi connectivity index (χ3v) is 4.40. The Labute approximate surface area is 123 Å². The SMILES string of the molecule is Cn1c2ccccc2c2c3c(c4nc[nH]c4c21)C(=O)NC3=O. The highest BCUT2D eigenvalue weighted by atomic mass is 16.2. The van der Waals surface area contributed by atoms with Gasteiger partial charge >= 0.3 is 0 Å². The number of carbonyl (C=O) groups excluding carboxylic acids is 2. The maximum absolute atomic E-state index is 12.3. The monoisotopic (exact) mass is 290 g/mol. The summed E-state index contributed by atoms with van der Waals surface area (Å²) in [6, 6.07) is 7.85. The van der Waals surface area contributed by atoms with Crippen molar-refractivity contribution in [1.82, 2.24) is 19.9 Å². The summed E-state index contributed by atoms with van der Waals surface area (Å²) in [5.74, 6) is -0.738. The largest absolute Gasteiger partial charge is 0.343 e. The molecule has 6 nitrogen and oxygen atoms in total. The number of aryl methyl sites for hydroxylation is 1. The first-order chi connectivity index (χ1) is 10.7. The minimum absolute atomic E-state index is 0.355. The van der Waals surface area contributed by atoms with Crippen molar-refractivity contribution < 1.29 is 9.59 Å². The van der Waals surface area contributed by atoms with E-state index in [-0.39, 0.29) is 11.8 Å². The van der Waals surface area contributed by atoms with Crippen LogP contribution in [-0.4, -0.2) is 26.3 Å². The lowest BCUT2D eigenvalue weighted by atomic mass is 10.0. The molecule has 2 amide bonds. The fourth-order valence-electron chi connectivity index (χ4n) is 3.52. The van der Waals surface area contributed by atoms with Crippen LogP contribution in [0.1, 0.15) is 20.7 Å². The van der Waals surface area contributed by atoms with Crippen LogP contribution in [0.2, 0.25) is 0 Å². The number of H-pyrrole nitrogens is 1. The Morgan fingerprint density at radius 2 is 1.86 bits per heavy atom. The van der Waals surface area contributed by atoms with Crippen LogP contribution in [0.25, 0.3) is 32.8 Å². The second-order valence-corrected chi connectivity index (χ2v) is 5.46. The third kappa shape index (κ3) is 1.11. The standard InChI is InChI=1S/C16H10N4O2/c1-20-8-5-3-2-4-7(8)9-10-11(16(22)19-15(10)21)12-13(14(9)20)18-6-17-12/h2-6H,1H3,(H,17,18)(H,19,21,22). The van der Waals surface area contributed by atoms with E-state index in [0.29, 0.717) is 16.6 Å². The third-order valence-electron chi connectivity index (χ3n) is 4.40. The van der Waals surface area contributed by atoms with E-state index in [2.05, 4.69) is 15.3 Å². The molecule has 0 fully saturated rings. The fraction of sp³-hybridized carbons (Fsp3) is 0.0625. The summed E-state index contributed by atoms with van der Waals surface area (Å²) in [6.07, 6.45) is 1.55. The molecule has 0 aliphatic carbocycles. The molecule has 1 aliphatic rings. The second-order valence-electron chi connectivity index (χ2n) is 5.46. The predicted molar refractivity (Wildman–Crippen MR) is 81.9 cm³/mol. The Hall–Kier alpha value is -3.15. The van der Waals surface area contributed by atoms with Crippen molar-refractivity contribution in [3.8, 4) is 0 Å². The summed E-state index contributed by atoms with van der Waals surface area (Å²) < 4.78 is 2.03. The predicted octanol–water partition coefficient (Wildman–Crippen LogP) is 2.09. The van der Waals surface area contributed by atoms with Crippen LogP contribution >= 0.6 is 0 Å². The molecule has 2 N–H and O–H groups in total. The number of imide groups is 1. The zero-order valence-corrected chi connectivity index (χ0v) is 11.6. The number of para-hydroxylation sites is 1. The van der Waals surface area contributed by atoms with Crippen LogP contribution in [-0.2, 0) is 7.05 Å². The highest BCUT2D eigenvalue weighted by molar-refractivity contribution is 6.36. The van der Waals surface area contributed by atoms with Gasteiger partial charge in [0.25, 0.3) is 11.8 Å². The molecule has 0 unspecified atom stereocenters. The number of nitrogens with one attached hydrogen (secondary N) is 2. The first kappa shape index (κ1) is 11.5. The van der Waals surface area contributed by atoms with Gasteiger partial charge in [-0.1, -0.05) is 18.2 Å². The number of amides is 2. The quantitative estimate of drug-likeness (QED) is 0.487. The number of rotatable bonds is 0. The molecule has 0 radical (unpaired) electrons. The molecule has 3 heterocycles. The van der Waals surface area contributed by atoms with Crippen molar-refractivity contribution in [3.63, 3.8) is 0 Å². The van der Waals surface area contributed by atoms with E-state index in [9.17, 15) is 9.59 Å². The molecule has 0 saturated heterocycles. The van der Waals surface area contributed by atoms with Gasteiger partial charge in [0.1, 0.15) is 5.52 Å². The molecule has 22 heavy (non-hydrogen) atoms. The number of aromatic nitrogens is 3. The van der Waals surface area contributed by atoms with E-state index in [1.165, 1.54) is 0 Å². The van der Waals surface area contributed by atoms with Crippen LogP contribution in [0, 0.1) is 0 Å². The number of aromatic amines is 1. The average molecular weight is 290 g/mol. The molecule has 4 aromatic rings. The molecule has 6 heteroatoms. The first-order valence-corrected chi connectivity index (χ1v) is 6.90. The Balaban J connectivity index is 2.23. The van der Waals surface area contributed by atoms with Crippen molar-refractivity contribution in [2.75, 3.05) is 0 Å². The Bertz CT molecular complexity index is 1150. The first-order valence-electron chi connectivity index (χ1n) is 6.90. The van der Waals surface area contributed by atoms with Gasteiger partial charge < -0.3 is 9.55 Å². The molecular weight excluding hydrogens is 280 g/mol. The van der Waals surface area contributed by atoms with Crippen molar-refractivity contribution in [2.24, 2.45) is 7.05 Å². The Morgan fingerprint density at radius 3 is 2.73 bits per heavy atom. The zero-order chi connectivity index (χ0) is 15.0. The van der Waals surface area contributed by atoms with E-state index >= 15 is 0 Å². The number of benzene rings is 2. The molecule has 1 aliphatic heterocycles. The Kier molecular flexibility index (Phi) is 1.85. The molecule has 0 bridgehead atoms. The van der Waals surface area contributed by atoms with E-state index < -0.39 is 0 Å². The summed E-state index contributed by atoms with van der Waals surface area (Å²) in [7, 11) is 1.95. The molecule has 5 rings (SSSR count). The molecule has 0 atom stereocenters. The van der Waals surface area contributed by atoms with Gasteiger partial charge in [-0.3, -0.25) is 14.9 Å². The number of nitrogens with zero attached hydrogens (tertiary/aromatic N) is 2. The lowest BCUT2D eigenvalue weighted by Crippen LogP contribution is -2.20. The summed E-state index contributed by atoms with van der Waals surface area (Å²) in [5.41, 5.74) is 4.00.